The van der Waals surface area contributed by atoms with E-state index in [9.17, 15) is 9.59 Å². The molecule has 3 aromatic heterocycles. The van der Waals surface area contributed by atoms with Crippen molar-refractivity contribution in [3.63, 3.8) is 0 Å². The molecular formula is C27H26N8O2. The number of hydrogen-bond donors (Lipinski definition) is 3. The highest BCUT2D eigenvalue weighted by atomic mass is 16.1. The van der Waals surface area contributed by atoms with E-state index in [2.05, 4.69) is 31.4 Å². The summed E-state index contributed by atoms with van der Waals surface area (Å²) >= 11 is 0. The van der Waals surface area contributed by atoms with Crippen LogP contribution >= 0.6 is 0 Å². The number of amides is 1. The fourth-order valence-electron chi connectivity index (χ4n) is 5.40. The first-order valence-corrected chi connectivity index (χ1v) is 12.3. The lowest BCUT2D eigenvalue weighted by Crippen LogP contribution is -2.41. The van der Waals surface area contributed by atoms with E-state index in [0.717, 1.165) is 55.9 Å². The molecular weight excluding hydrogens is 468 g/mol. The van der Waals surface area contributed by atoms with Gasteiger partial charge in [-0.3, -0.25) is 9.20 Å². The Morgan fingerprint density at radius 2 is 1.86 bits per heavy atom. The van der Waals surface area contributed by atoms with Crippen molar-refractivity contribution in [2.24, 2.45) is 5.41 Å². The van der Waals surface area contributed by atoms with E-state index < -0.39 is 0 Å². The highest BCUT2D eigenvalue weighted by Gasteiger charge is 2.43. The lowest BCUT2D eigenvalue weighted by Gasteiger charge is -2.38. The summed E-state index contributed by atoms with van der Waals surface area (Å²) in [6.07, 6.45) is 7.83. The van der Waals surface area contributed by atoms with E-state index in [1.165, 1.54) is 0 Å². The number of piperidine rings is 1. The minimum absolute atomic E-state index is 0.111. The first-order valence-electron chi connectivity index (χ1n) is 12.3. The molecule has 6 rings (SSSR count). The zero-order valence-corrected chi connectivity index (χ0v) is 20.1. The Morgan fingerprint density at radius 3 is 2.59 bits per heavy atom. The maximum absolute atomic E-state index is 12.7. The third-order valence-corrected chi connectivity index (χ3v) is 7.43. The highest BCUT2D eigenvalue weighted by Crippen LogP contribution is 2.44. The molecule has 0 aliphatic carbocycles. The maximum Gasteiger partial charge on any atom is 0.256 e. The number of nitrogens with zero attached hydrogens (tertiary/aromatic N) is 5. The Kier molecular flexibility index (Phi) is 5.58. The number of aromatic nitrogens is 4. The first kappa shape index (κ1) is 22.8. The summed E-state index contributed by atoms with van der Waals surface area (Å²) in [5.41, 5.74) is 9.68. The van der Waals surface area contributed by atoms with Crippen LogP contribution in [-0.2, 0) is 4.79 Å². The number of carbonyl (C=O) groups is 1. The Balaban J connectivity index is 1.29. The summed E-state index contributed by atoms with van der Waals surface area (Å²) in [6.45, 7) is 2.35. The van der Waals surface area contributed by atoms with Crippen molar-refractivity contribution in [2.45, 2.75) is 19.3 Å². The summed E-state index contributed by atoms with van der Waals surface area (Å²) in [5, 5.41) is 6.00. The average Bonchev–Trinajstić information content (AvgIpc) is 3.52. The van der Waals surface area contributed by atoms with Gasteiger partial charge in [0.2, 0.25) is 5.95 Å². The molecule has 186 valence electrons. The molecule has 2 fully saturated rings. The molecule has 2 aliphatic heterocycles. The third kappa shape index (κ3) is 3.97. The van der Waals surface area contributed by atoms with E-state index in [1.807, 2.05) is 28.8 Å². The van der Waals surface area contributed by atoms with Gasteiger partial charge in [0.1, 0.15) is 34.5 Å². The third-order valence-electron chi connectivity index (χ3n) is 7.43. The van der Waals surface area contributed by atoms with Crippen molar-refractivity contribution in [2.75, 3.05) is 35.6 Å². The minimum Gasteiger partial charge on any atom is -0.382 e. The van der Waals surface area contributed by atoms with Gasteiger partial charge in [0.15, 0.2) is 0 Å². The topological polar surface area (TPSA) is 131 Å². The molecule has 4 aromatic rings. The van der Waals surface area contributed by atoms with Gasteiger partial charge in [-0.15, -0.1) is 0 Å². The monoisotopic (exact) mass is 494 g/mol. The molecule has 1 aromatic carbocycles. The second-order valence-corrected chi connectivity index (χ2v) is 9.46. The van der Waals surface area contributed by atoms with Crippen LogP contribution in [0.5, 0.6) is 0 Å². The van der Waals surface area contributed by atoms with Gasteiger partial charge in [0.05, 0.1) is 0 Å². The van der Waals surface area contributed by atoms with Gasteiger partial charge in [-0.1, -0.05) is 18.2 Å². The molecule has 2 saturated heterocycles. The number of allylic oxidation sites excluding steroid dienone is 1. The number of nitrogens with two attached hydrogens (primary N) is 1. The summed E-state index contributed by atoms with van der Waals surface area (Å²) in [7, 11) is 0. The number of benzene rings is 1. The number of hydrogen-bond acceptors (Lipinski definition) is 8. The molecule has 0 bridgehead atoms. The molecule has 1 amide bonds. The van der Waals surface area contributed by atoms with Crippen LogP contribution in [-0.4, -0.2) is 50.8 Å². The second-order valence-electron chi connectivity index (χ2n) is 9.46. The van der Waals surface area contributed by atoms with Crippen molar-refractivity contribution in [3.05, 3.63) is 72.3 Å². The number of imidazole rings is 1. The largest absolute Gasteiger partial charge is 0.382 e. The number of fused-ring (bicyclic) bond motifs is 1. The van der Waals surface area contributed by atoms with Gasteiger partial charge in [0, 0.05) is 54.8 Å². The van der Waals surface area contributed by atoms with Crippen LogP contribution in [0, 0.1) is 5.41 Å². The summed E-state index contributed by atoms with van der Waals surface area (Å²) in [6, 6.07) is 12.6. The number of carbonyl (C=O) groups excluding carboxylic acids is 2. The van der Waals surface area contributed by atoms with Gasteiger partial charge in [-0.25, -0.2) is 19.7 Å². The number of rotatable bonds is 4. The van der Waals surface area contributed by atoms with Crippen molar-refractivity contribution in [1.82, 2.24) is 24.7 Å². The van der Waals surface area contributed by atoms with Crippen LogP contribution in [0.1, 0.15) is 29.6 Å². The number of pyridine rings is 1. The smallest absolute Gasteiger partial charge is 0.256 e. The number of nitrogens with one attached hydrogen (secondary N) is 2. The quantitative estimate of drug-likeness (QED) is 0.369. The van der Waals surface area contributed by atoms with E-state index >= 15 is 0 Å². The lowest BCUT2D eigenvalue weighted by atomic mass is 9.76. The fourth-order valence-corrected chi connectivity index (χ4v) is 5.40. The molecule has 5 heterocycles. The lowest BCUT2D eigenvalue weighted by molar-refractivity contribution is 0.102. The molecule has 2 aliphatic rings. The van der Waals surface area contributed by atoms with Crippen LogP contribution in [0.2, 0.25) is 0 Å². The molecule has 0 atom stereocenters. The van der Waals surface area contributed by atoms with Crippen LogP contribution in [0.25, 0.3) is 16.8 Å². The van der Waals surface area contributed by atoms with Crippen LogP contribution in [0.4, 0.5) is 17.6 Å². The zero-order valence-electron chi connectivity index (χ0n) is 20.1. The van der Waals surface area contributed by atoms with E-state index in [1.54, 1.807) is 36.7 Å². The zero-order chi connectivity index (χ0) is 25.4. The number of anilines is 3. The molecule has 10 heteroatoms. The average molecular weight is 495 g/mol. The van der Waals surface area contributed by atoms with Crippen molar-refractivity contribution < 1.29 is 9.59 Å². The van der Waals surface area contributed by atoms with Gasteiger partial charge in [0.25, 0.3) is 5.91 Å². The van der Waals surface area contributed by atoms with Crippen molar-refractivity contribution in [1.29, 1.82) is 0 Å². The van der Waals surface area contributed by atoms with Crippen molar-refractivity contribution >= 4 is 34.9 Å². The molecule has 4 N–H and O–H groups in total. The second kappa shape index (κ2) is 9.07. The van der Waals surface area contributed by atoms with E-state index in [4.69, 9.17) is 10.7 Å². The Morgan fingerprint density at radius 1 is 1.05 bits per heavy atom. The first-order chi connectivity index (χ1) is 18.1. The molecule has 0 radical (unpaired) electrons. The normalized spacial score (nSPS) is 16.5. The predicted molar refractivity (Wildman–Crippen MR) is 141 cm³/mol. The van der Waals surface area contributed by atoms with Gasteiger partial charge >= 0.3 is 0 Å². The molecule has 10 nitrogen and oxygen atoms in total. The van der Waals surface area contributed by atoms with E-state index in [-0.39, 0.29) is 11.3 Å². The van der Waals surface area contributed by atoms with Gasteiger partial charge in [-0.05, 0) is 43.5 Å². The van der Waals surface area contributed by atoms with Gasteiger partial charge < -0.3 is 21.3 Å². The maximum atomic E-state index is 12.7. The minimum atomic E-state index is -0.241. The predicted octanol–water partition coefficient (Wildman–Crippen LogP) is 2.92. The summed E-state index contributed by atoms with van der Waals surface area (Å²) in [4.78, 5) is 39.8. The molecule has 0 saturated carbocycles. The molecule has 0 unspecified atom stereocenters. The highest BCUT2D eigenvalue weighted by molar-refractivity contribution is 6.04. The molecule has 37 heavy (non-hydrogen) atoms. The van der Waals surface area contributed by atoms with Crippen LogP contribution in [0.3, 0.4) is 0 Å². The van der Waals surface area contributed by atoms with Crippen LogP contribution < -0.4 is 21.3 Å². The SMILES string of the molecule is Nc1nccn2c(N3CCC4(CCNC4=C=O)CC3)nc(-c3ccc(C(=O)Nc4ccccn4)cc3)c12. The molecule has 1 spiro atoms. The fraction of sp³-hybridized carbons (Fsp3) is 0.259. The number of nitrogen functional groups attached to an aromatic ring is 1. The van der Waals surface area contributed by atoms with Crippen molar-refractivity contribution in [3.8, 4) is 11.3 Å². The Hall–Kier alpha value is -4.69. The van der Waals surface area contributed by atoms with Gasteiger partial charge in [-0.2, -0.15) is 0 Å². The summed E-state index contributed by atoms with van der Waals surface area (Å²) < 4.78 is 1.97. The Labute approximate surface area is 213 Å². The van der Waals surface area contributed by atoms with Crippen LogP contribution in [0.15, 0.2) is 66.8 Å². The van der Waals surface area contributed by atoms with E-state index in [0.29, 0.717) is 28.6 Å². The Bertz CT molecular complexity index is 1520. The standard InChI is InChI=1S/C27H26N8O2/c28-24-23-22(18-4-6-19(7-5-18)25(37)32-21-3-1-2-11-30-21)33-26(35(23)16-13-31-24)34-14-9-27(10-15-34)8-12-29-20(27)17-36/h1-7,11,13,16,29H,8-10,12,14-15H2,(H2,28,31)(H,30,32,37). The summed E-state index contributed by atoms with van der Waals surface area (Å²) in [5.74, 6) is 3.55.